The normalized spacial score (nSPS) is 31.1. The molecule has 0 spiro atoms. The van der Waals surface area contributed by atoms with Crippen LogP contribution < -0.4 is 5.32 Å². The van der Waals surface area contributed by atoms with Gasteiger partial charge in [0.15, 0.2) is 0 Å². The van der Waals surface area contributed by atoms with E-state index in [1.165, 1.54) is 25.8 Å². The Hall–Kier alpha value is -0.160. The van der Waals surface area contributed by atoms with Gasteiger partial charge in [0.05, 0.1) is 25.4 Å². The second-order valence-electron chi connectivity index (χ2n) is 7.63. The van der Waals surface area contributed by atoms with Crippen LogP contribution in [0.15, 0.2) is 0 Å². The van der Waals surface area contributed by atoms with E-state index in [1.54, 1.807) is 0 Å². The molecule has 0 amide bonds. The summed E-state index contributed by atoms with van der Waals surface area (Å²) in [6.07, 6.45) is 4.39. The molecule has 0 aromatic heterocycles. The summed E-state index contributed by atoms with van der Waals surface area (Å²) in [6, 6.07) is 0.623. The van der Waals surface area contributed by atoms with Gasteiger partial charge in [-0.3, -0.25) is 4.90 Å². The summed E-state index contributed by atoms with van der Waals surface area (Å²) in [5.74, 6) is 1.22. The largest absolute Gasteiger partial charge is 0.379 e. The molecule has 22 heavy (non-hydrogen) atoms. The minimum Gasteiger partial charge on any atom is -0.379 e. The van der Waals surface area contributed by atoms with E-state index in [0.717, 1.165) is 32.8 Å². The van der Waals surface area contributed by atoms with Crippen LogP contribution in [0.4, 0.5) is 0 Å². The standard InChI is InChI=1S/C18H36N2O2/c1-14(2)17-12-16(13-18(22-17)15(3)4)19-6-5-7-20-8-10-21-11-9-20/h14-19H,5-13H2,1-4H3/t17-,18-/m0/s1. The number of nitrogens with one attached hydrogen (secondary N) is 1. The monoisotopic (exact) mass is 312 g/mol. The van der Waals surface area contributed by atoms with Gasteiger partial charge in [-0.25, -0.2) is 0 Å². The maximum Gasteiger partial charge on any atom is 0.0616 e. The molecule has 2 saturated heterocycles. The van der Waals surface area contributed by atoms with E-state index in [9.17, 15) is 0 Å². The number of hydrogen-bond donors (Lipinski definition) is 1. The van der Waals surface area contributed by atoms with E-state index in [1.807, 2.05) is 0 Å². The van der Waals surface area contributed by atoms with Crippen molar-refractivity contribution in [2.75, 3.05) is 39.4 Å². The third-order valence-electron chi connectivity index (χ3n) is 5.06. The van der Waals surface area contributed by atoms with Crippen LogP contribution >= 0.6 is 0 Å². The molecule has 0 unspecified atom stereocenters. The van der Waals surface area contributed by atoms with Gasteiger partial charge in [0.25, 0.3) is 0 Å². The molecule has 4 heteroatoms. The maximum atomic E-state index is 6.28. The van der Waals surface area contributed by atoms with Crippen LogP contribution in [0, 0.1) is 11.8 Å². The van der Waals surface area contributed by atoms with Gasteiger partial charge in [-0.1, -0.05) is 27.7 Å². The van der Waals surface area contributed by atoms with E-state index in [2.05, 4.69) is 37.9 Å². The Labute approximate surface area is 136 Å². The second-order valence-corrected chi connectivity index (χ2v) is 7.63. The fraction of sp³-hybridized carbons (Fsp3) is 1.00. The first-order valence-electron chi connectivity index (χ1n) is 9.25. The molecule has 2 aliphatic rings. The molecule has 2 fully saturated rings. The maximum absolute atomic E-state index is 6.28. The highest BCUT2D eigenvalue weighted by molar-refractivity contribution is 4.85. The van der Waals surface area contributed by atoms with Gasteiger partial charge in [0.1, 0.15) is 0 Å². The molecular formula is C18H36N2O2. The predicted molar refractivity (Wildman–Crippen MR) is 91.2 cm³/mol. The highest BCUT2D eigenvalue weighted by Crippen LogP contribution is 2.28. The van der Waals surface area contributed by atoms with Gasteiger partial charge in [0, 0.05) is 19.1 Å². The molecule has 0 saturated carbocycles. The highest BCUT2D eigenvalue weighted by atomic mass is 16.5. The second kappa shape index (κ2) is 9.21. The van der Waals surface area contributed by atoms with Gasteiger partial charge in [-0.15, -0.1) is 0 Å². The third-order valence-corrected chi connectivity index (χ3v) is 5.06. The van der Waals surface area contributed by atoms with Crippen LogP contribution in [-0.4, -0.2) is 62.5 Å². The lowest BCUT2D eigenvalue weighted by Gasteiger charge is -2.39. The molecule has 0 aromatic carbocycles. The van der Waals surface area contributed by atoms with Gasteiger partial charge >= 0.3 is 0 Å². The Morgan fingerprint density at radius 2 is 1.59 bits per heavy atom. The molecule has 1 N–H and O–H groups in total. The lowest BCUT2D eigenvalue weighted by Crippen LogP contribution is -2.47. The Kier molecular flexibility index (Phi) is 7.61. The van der Waals surface area contributed by atoms with Crippen molar-refractivity contribution in [1.29, 1.82) is 0 Å². The average Bonchev–Trinajstić information content (AvgIpc) is 2.52. The Balaban J connectivity index is 1.68. The van der Waals surface area contributed by atoms with Crippen LogP contribution in [0.3, 0.4) is 0 Å². The Bertz CT molecular complexity index is 287. The molecule has 2 heterocycles. The fourth-order valence-corrected chi connectivity index (χ4v) is 3.45. The zero-order valence-corrected chi connectivity index (χ0v) is 15.0. The van der Waals surface area contributed by atoms with Gasteiger partial charge in [-0.05, 0) is 44.2 Å². The van der Waals surface area contributed by atoms with Crippen molar-refractivity contribution in [3.05, 3.63) is 0 Å². The van der Waals surface area contributed by atoms with Crippen LogP contribution in [0.25, 0.3) is 0 Å². The SMILES string of the molecule is CC(C)[C@@H]1CC(NCCCN2CCOCC2)C[C@@H](C(C)C)O1. The van der Waals surface area contributed by atoms with E-state index in [-0.39, 0.29) is 0 Å². The number of hydrogen-bond acceptors (Lipinski definition) is 4. The smallest absolute Gasteiger partial charge is 0.0616 e. The van der Waals surface area contributed by atoms with Crippen LogP contribution in [-0.2, 0) is 9.47 Å². The molecule has 4 nitrogen and oxygen atoms in total. The fourth-order valence-electron chi connectivity index (χ4n) is 3.45. The first-order valence-corrected chi connectivity index (χ1v) is 9.25. The average molecular weight is 312 g/mol. The minimum absolute atomic E-state index is 0.415. The van der Waals surface area contributed by atoms with Gasteiger partial charge in [0.2, 0.25) is 0 Å². The van der Waals surface area contributed by atoms with Crippen LogP contribution in [0.1, 0.15) is 47.0 Å². The lowest BCUT2D eigenvalue weighted by atomic mass is 9.88. The lowest BCUT2D eigenvalue weighted by molar-refractivity contribution is -0.0993. The Morgan fingerprint density at radius 3 is 2.14 bits per heavy atom. The molecule has 130 valence electrons. The molecule has 0 radical (unpaired) electrons. The highest BCUT2D eigenvalue weighted by Gasteiger charge is 2.32. The van der Waals surface area contributed by atoms with E-state index >= 15 is 0 Å². The van der Waals surface area contributed by atoms with E-state index in [0.29, 0.717) is 30.1 Å². The van der Waals surface area contributed by atoms with Crippen LogP contribution in [0.5, 0.6) is 0 Å². The molecule has 2 rings (SSSR count). The summed E-state index contributed by atoms with van der Waals surface area (Å²) in [5.41, 5.74) is 0. The van der Waals surface area contributed by atoms with Gasteiger partial charge < -0.3 is 14.8 Å². The number of morpholine rings is 1. The molecule has 0 bridgehead atoms. The van der Waals surface area contributed by atoms with Crippen molar-refractivity contribution in [2.45, 2.75) is 65.2 Å². The van der Waals surface area contributed by atoms with Crippen molar-refractivity contribution < 1.29 is 9.47 Å². The third kappa shape index (κ3) is 5.80. The molecule has 0 aromatic rings. The van der Waals surface area contributed by atoms with Crippen molar-refractivity contribution in [2.24, 2.45) is 11.8 Å². The van der Waals surface area contributed by atoms with Crippen LogP contribution in [0.2, 0.25) is 0 Å². The van der Waals surface area contributed by atoms with E-state index in [4.69, 9.17) is 9.47 Å². The van der Waals surface area contributed by atoms with Crippen molar-refractivity contribution in [1.82, 2.24) is 10.2 Å². The number of ether oxygens (including phenoxy) is 2. The summed E-state index contributed by atoms with van der Waals surface area (Å²) < 4.78 is 11.7. The summed E-state index contributed by atoms with van der Waals surface area (Å²) in [5, 5.41) is 3.79. The molecular weight excluding hydrogens is 276 g/mol. The molecule has 2 atom stereocenters. The quantitative estimate of drug-likeness (QED) is 0.733. The van der Waals surface area contributed by atoms with E-state index < -0.39 is 0 Å². The predicted octanol–water partition coefficient (Wildman–Crippen LogP) is 2.53. The summed E-state index contributed by atoms with van der Waals surface area (Å²) in [7, 11) is 0. The topological polar surface area (TPSA) is 33.7 Å². The first-order chi connectivity index (χ1) is 10.6. The summed E-state index contributed by atoms with van der Waals surface area (Å²) >= 11 is 0. The van der Waals surface area contributed by atoms with Gasteiger partial charge in [-0.2, -0.15) is 0 Å². The first kappa shape index (κ1) is 18.2. The number of rotatable bonds is 7. The van der Waals surface area contributed by atoms with Crippen molar-refractivity contribution in [3.8, 4) is 0 Å². The molecule has 2 aliphatic heterocycles. The zero-order valence-electron chi connectivity index (χ0n) is 15.0. The summed E-state index contributed by atoms with van der Waals surface area (Å²) in [4.78, 5) is 2.52. The Morgan fingerprint density at radius 1 is 1.00 bits per heavy atom. The molecule has 0 aliphatic carbocycles. The zero-order chi connectivity index (χ0) is 15.9. The number of nitrogens with zero attached hydrogens (tertiary/aromatic N) is 1. The van der Waals surface area contributed by atoms with Crippen molar-refractivity contribution in [3.63, 3.8) is 0 Å². The van der Waals surface area contributed by atoms with Crippen molar-refractivity contribution >= 4 is 0 Å². The minimum atomic E-state index is 0.415. The summed E-state index contributed by atoms with van der Waals surface area (Å²) in [6.45, 7) is 15.4.